The van der Waals surface area contributed by atoms with Crippen LogP contribution < -0.4 is 34.7 Å². The van der Waals surface area contributed by atoms with Crippen LogP contribution in [0.4, 0.5) is 17.1 Å². The van der Waals surface area contributed by atoms with Crippen molar-refractivity contribution in [1.29, 1.82) is 0 Å². The molecule has 0 spiro atoms. The Kier molecular flexibility index (Phi) is 8.17. The van der Waals surface area contributed by atoms with Gasteiger partial charge in [0.05, 0.1) is 16.3 Å². The fourth-order valence-electron chi connectivity index (χ4n) is 2.78. The smallest absolute Gasteiger partial charge is 0.862 e. The molecular formula is C20H16N3NaO7S2. The van der Waals surface area contributed by atoms with E-state index in [0.29, 0.717) is 0 Å². The number of nitrogens with zero attached hydrogens (tertiary/aromatic N) is 3. The summed E-state index contributed by atoms with van der Waals surface area (Å²) < 4.78 is 56.9. The van der Waals surface area contributed by atoms with Crippen molar-refractivity contribution in [2.75, 3.05) is 0 Å². The third-order valence-electron chi connectivity index (χ3n) is 4.25. The van der Waals surface area contributed by atoms with E-state index in [2.05, 4.69) is 21.8 Å². The first-order valence-electron chi connectivity index (χ1n) is 8.81. The summed E-state index contributed by atoms with van der Waals surface area (Å²) in [5, 5.41) is 30.7. The number of phenolic OH excluding ortho intramolecular Hbond substituents is 1. The van der Waals surface area contributed by atoms with Gasteiger partial charge in [0.25, 0.3) is 10.1 Å². The molecule has 2 N–H and O–H groups in total. The molecule has 3 rings (SSSR count). The van der Waals surface area contributed by atoms with Crippen LogP contribution in [-0.2, 0) is 20.0 Å². The van der Waals surface area contributed by atoms with Gasteiger partial charge in [0.1, 0.15) is 10.6 Å². The fourth-order valence-corrected chi connectivity index (χ4v) is 4.15. The third kappa shape index (κ3) is 6.05. The van der Waals surface area contributed by atoms with E-state index in [9.17, 15) is 31.6 Å². The van der Waals surface area contributed by atoms with Crippen LogP contribution in [-0.4, -0.2) is 32.4 Å². The molecule has 0 aromatic heterocycles. The Bertz CT molecular complexity index is 1490. The first-order valence-corrected chi connectivity index (χ1v) is 11.8. The molecule has 3 aromatic rings. The number of fused-ring (bicyclic) bond motifs is 1. The van der Waals surface area contributed by atoms with Crippen LogP contribution in [0.2, 0.25) is 0 Å². The minimum Gasteiger partial charge on any atom is -0.862 e. The van der Waals surface area contributed by atoms with Crippen LogP contribution in [0.3, 0.4) is 0 Å². The molecule has 0 bridgehead atoms. The molecule has 166 valence electrons. The van der Waals surface area contributed by atoms with Gasteiger partial charge in [0.15, 0.2) is 15.6 Å². The molecule has 10 nitrogen and oxygen atoms in total. The molecule has 0 aliphatic heterocycles. The number of azo groups is 1. The molecule has 0 heterocycles. The summed E-state index contributed by atoms with van der Waals surface area (Å²) in [4.78, 5) is 3.04. The number of hydrogen-bond acceptors (Lipinski definition) is 9. The van der Waals surface area contributed by atoms with Crippen LogP contribution in [0.1, 0.15) is 6.92 Å². The van der Waals surface area contributed by atoms with Gasteiger partial charge in [-0.1, -0.05) is 12.6 Å². The monoisotopic (exact) mass is 497 g/mol. The minimum absolute atomic E-state index is 0. The first kappa shape index (κ1) is 26.6. The zero-order valence-corrected chi connectivity index (χ0v) is 21.1. The zero-order valence-electron chi connectivity index (χ0n) is 17.5. The van der Waals surface area contributed by atoms with Gasteiger partial charge in [-0.3, -0.25) is 9.55 Å². The average Bonchev–Trinajstić information content (AvgIpc) is 2.72. The maximum Gasteiger partial charge on any atom is 1.00 e. The van der Waals surface area contributed by atoms with Crippen molar-refractivity contribution in [2.45, 2.75) is 16.7 Å². The number of rotatable bonds is 6. The molecule has 0 aliphatic rings. The Balaban J connectivity index is 0.00000385. The molecule has 0 amide bonds. The average molecular weight is 497 g/mol. The summed E-state index contributed by atoms with van der Waals surface area (Å²) in [5.41, 5.74) is -0.168. The number of aliphatic imine (C=N–C) groups is 1. The van der Waals surface area contributed by atoms with E-state index in [1.807, 2.05) is 0 Å². The first-order chi connectivity index (χ1) is 14.9. The SMILES string of the molecule is C=CS(=O)(=O)c1ccc(N=Nc2c(S(=O)(=O)O)cc3ccc(N=C(C)[O-])cc3c2O)cc1.[Na+]. The van der Waals surface area contributed by atoms with Crippen molar-refractivity contribution in [3.05, 3.63) is 60.5 Å². The van der Waals surface area contributed by atoms with Gasteiger partial charge in [-0.15, -0.1) is 5.11 Å². The maximum absolute atomic E-state index is 11.9. The number of phenols is 1. The molecule has 0 radical (unpaired) electrons. The molecule has 0 unspecified atom stereocenters. The predicted molar refractivity (Wildman–Crippen MR) is 116 cm³/mol. The van der Waals surface area contributed by atoms with Crippen LogP contribution in [0.15, 0.2) is 85.5 Å². The van der Waals surface area contributed by atoms with Crippen LogP contribution in [0, 0.1) is 0 Å². The molecule has 0 fully saturated rings. The Morgan fingerprint density at radius 3 is 2.15 bits per heavy atom. The summed E-state index contributed by atoms with van der Waals surface area (Å²) in [6.07, 6.45) is 0. The van der Waals surface area contributed by atoms with Crippen molar-refractivity contribution in [2.24, 2.45) is 15.2 Å². The summed E-state index contributed by atoms with van der Waals surface area (Å²) in [5.74, 6) is -1.08. The quantitative estimate of drug-likeness (QED) is 0.165. The maximum atomic E-state index is 11.9. The second-order valence-electron chi connectivity index (χ2n) is 6.49. The van der Waals surface area contributed by atoms with Crippen molar-refractivity contribution in [1.82, 2.24) is 0 Å². The van der Waals surface area contributed by atoms with E-state index in [4.69, 9.17) is 0 Å². The fraction of sp³-hybridized carbons (Fsp3) is 0.0500. The molecule has 33 heavy (non-hydrogen) atoms. The number of aromatic hydroxyl groups is 1. The van der Waals surface area contributed by atoms with Crippen molar-refractivity contribution < 1.29 is 61.2 Å². The second-order valence-corrected chi connectivity index (χ2v) is 9.77. The molecule has 3 aromatic carbocycles. The van der Waals surface area contributed by atoms with E-state index < -0.39 is 42.2 Å². The van der Waals surface area contributed by atoms with Crippen molar-refractivity contribution >= 4 is 53.7 Å². The summed E-state index contributed by atoms with van der Waals surface area (Å²) in [6.45, 7) is 4.48. The normalized spacial score (nSPS) is 12.6. The van der Waals surface area contributed by atoms with E-state index in [1.165, 1.54) is 49.4 Å². The van der Waals surface area contributed by atoms with Gasteiger partial charge in [0, 0.05) is 10.8 Å². The molecular weight excluding hydrogens is 481 g/mol. The summed E-state index contributed by atoms with van der Waals surface area (Å²) in [7, 11) is -8.44. The standard InChI is InChI=1S/C20H17N3O7S2.Na/c1-3-31(26,27)16-8-6-14(7-9-16)22-23-19-18(32(28,29)30)10-13-4-5-15(21-12(2)24)11-17(13)20(19)25;/h3-11,25H,1H2,2H3,(H,21,24)(H,28,29,30);/q;+1/p-1. The molecule has 0 saturated carbocycles. The Labute approximate surface area is 212 Å². The van der Waals surface area contributed by atoms with Crippen LogP contribution >= 0.6 is 0 Å². The van der Waals surface area contributed by atoms with Gasteiger partial charge in [-0.2, -0.15) is 13.5 Å². The molecule has 0 saturated heterocycles. The Morgan fingerprint density at radius 2 is 1.61 bits per heavy atom. The topological polar surface area (TPSA) is 169 Å². The van der Waals surface area contributed by atoms with Crippen molar-refractivity contribution in [3.63, 3.8) is 0 Å². The van der Waals surface area contributed by atoms with E-state index in [0.717, 1.165) is 11.5 Å². The summed E-state index contributed by atoms with van der Waals surface area (Å²) >= 11 is 0. The van der Waals surface area contributed by atoms with Gasteiger partial charge < -0.3 is 10.2 Å². The summed E-state index contributed by atoms with van der Waals surface area (Å²) in [6, 6.07) is 10.5. The largest absolute Gasteiger partial charge is 1.00 e. The molecule has 0 atom stereocenters. The van der Waals surface area contributed by atoms with E-state index in [-0.39, 0.29) is 56.6 Å². The molecule has 0 aliphatic carbocycles. The van der Waals surface area contributed by atoms with Crippen LogP contribution in [0.5, 0.6) is 5.75 Å². The van der Waals surface area contributed by atoms with Gasteiger partial charge in [-0.25, -0.2) is 8.42 Å². The number of benzene rings is 3. The Morgan fingerprint density at radius 1 is 1.00 bits per heavy atom. The molecule has 13 heteroatoms. The third-order valence-corrected chi connectivity index (χ3v) is 6.49. The van der Waals surface area contributed by atoms with E-state index in [1.54, 1.807) is 0 Å². The van der Waals surface area contributed by atoms with Crippen LogP contribution in [0.25, 0.3) is 10.8 Å². The zero-order chi connectivity index (χ0) is 23.7. The number of sulfone groups is 1. The van der Waals surface area contributed by atoms with E-state index >= 15 is 0 Å². The minimum atomic E-state index is -4.79. The van der Waals surface area contributed by atoms with Gasteiger partial charge in [-0.05, 0) is 60.7 Å². The van der Waals surface area contributed by atoms with Crippen molar-refractivity contribution in [3.8, 4) is 5.75 Å². The van der Waals surface area contributed by atoms with Gasteiger partial charge in [0.2, 0.25) is 0 Å². The second kappa shape index (κ2) is 10.1. The van der Waals surface area contributed by atoms with Gasteiger partial charge >= 0.3 is 29.6 Å². The number of hydrogen-bond donors (Lipinski definition) is 2. The Hall–Kier alpha value is -2.61. The predicted octanol–water partition coefficient (Wildman–Crippen LogP) is 0.539.